The van der Waals surface area contributed by atoms with E-state index in [0.29, 0.717) is 0 Å². The van der Waals surface area contributed by atoms with Crippen molar-refractivity contribution in [3.63, 3.8) is 0 Å². The molecule has 0 aromatic heterocycles. The molecule has 0 aliphatic heterocycles. The van der Waals surface area contributed by atoms with Crippen molar-refractivity contribution in [3.8, 4) is 0 Å². The first-order chi connectivity index (χ1) is 4.59. The summed E-state index contributed by atoms with van der Waals surface area (Å²) in [5.74, 6) is 12.3. The summed E-state index contributed by atoms with van der Waals surface area (Å²) in [6.45, 7) is 0. The molecule has 1 aliphatic rings. The molecule has 0 saturated carbocycles. The van der Waals surface area contributed by atoms with E-state index in [9.17, 15) is 0 Å². The maximum absolute atomic E-state index is 2.46. The molecular formula is C10H22Br2Cr. The fourth-order valence-corrected chi connectivity index (χ4v) is 3.82. The van der Waals surface area contributed by atoms with Crippen LogP contribution in [0.4, 0.5) is 0 Å². The third-order valence-electron chi connectivity index (χ3n) is 2.05. The summed E-state index contributed by atoms with van der Waals surface area (Å²) in [5.41, 5.74) is 0. The number of allylic oxidation sites excluding steroid dienone is 4. The summed E-state index contributed by atoms with van der Waals surface area (Å²) >= 11 is 0. The molecule has 0 nitrogen and oxygen atoms in total. The van der Waals surface area contributed by atoms with Crippen LogP contribution in [0.2, 0.25) is 28.9 Å². The Morgan fingerprint density at radius 1 is 1.00 bits per heavy atom. The summed E-state index contributed by atoms with van der Waals surface area (Å²) in [7, 11) is -2.37. The quantitative estimate of drug-likeness (QED) is 0.587. The standard InChI is InChI=1S/C5H5.5CH3.2BrH.Cr/c1-2-4-5-3-1;;;;;;;;/h1-3H,4H2;5*1H3;2*1H;. The molecule has 0 atom stereocenters. The van der Waals surface area contributed by atoms with E-state index in [0.717, 1.165) is 0 Å². The molecule has 0 amide bonds. The van der Waals surface area contributed by atoms with Gasteiger partial charge < -0.3 is 0 Å². The van der Waals surface area contributed by atoms with E-state index in [1.54, 1.807) is 4.44 Å². The van der Waals surface area contributed by atoms with Crippen LogP contribution in [0.3, 0.4) is 0 Å². The zero-order valence-corrected chi connectivity index (χ0v) is 13.9. The number of hydrogen-bond donors (Lipinski definition) is 0. The van der Waals surface area contributed by atoms with E-state index in [-0.39, 0.29) is 34.0 Å². The third kappa shape index (κ3) is 4.84. The Morgan fingerprint density at radius 2 is 1.46 bits per heavy atom. The van der Waals surface area contributed by atoms with Crippen LogP contribution in [-0.2, 0) is 10.9 Å². The van der Waals surface area contributed by atoms with Gasteiger partial charge in [0.25, 0.3) is 0 Å². The van der Waals surface area contributed by atoms with Crippen molar-refractivity contribution in [2.75, 3.05) is 0 Å². The van der Waals surface area contributed by atoms with Crippen LogP contribution >= 0.6 is 34.0 Å². The van der Waals surface area contributed by atoms with Gasteiger partial charge in [0.2, 0.25) is 0 Å². The van der Waals surface area contributed by atoms with Crippen molar-refractivity contribution < 1.29 is 10.9 Å². The molecule has 0 saturated heterocycles. The van der Waals surface area contributed by atoms with Gasteiger partial charge in [0, 0.05) is 0 Å². The third-order valence-corrected chi connectivity index (χ3v) is 6.62. The van der Waals surface area contributed by atoms with Crippen molar-refractivity contribution in [3.05, 3.63) is 22.7 Å². The second-order valence-electron chi connectivity index (χ2n) is 6.37. The molecule has 13 heavy (non-hydrogen) atoms. The Labute approximate surface area is 102 Å². The molecule has 1 aliphatic carbocycles. The summed E-state index contributed by atoms with van der Waals surface area (Å²) in [6.07, 6.45) is 7.95. The first-order valence-electron chi connectivity index (χ1n) is 3.96. The fourth-order valence-electron chi connectivity index (χ4n) is 1.18. The minimum atomic E-state index is -2.37. The molecule has 0 radical (unpaired) electrons. The Morgan fingerprint density at radius 3 is 1.62 bits per heavy atom. The number of hydrogen-bond acceptors (Lipinski definition) is 0. The zero-order valence-electron chi connectivity index (χ0n) is 9.16. The number of rotatable bonds is 1. The van der Waals surface area contributed by atoms with E-state index in [2.05, 4.69) is 47.2 Å². The normalized spacial score (nSPS) is 20.5. The van der Waals surface area contributed by atoms with Gasteiger partial charge in [0.1, 0.15) is 0 Å². The second kappa shape index (κ2) is 3.52. The van der Waals surface area contributed by atoms with E-state index in [4.69, 9.17) is 0 Å². The van der Waals surface area contributed by atoms with E-state index in [1.165, 1.54) is 6.42 Å². The van der Waals surface area contributed by atoms with Gasteiger partial charge in [0.05, 0.1) is 0 Å². The van der Waals surface area contributed by atoms with Crippen LogP contribution in [0.1, 0.15) is 6.42 Å². The van der Waals surface area contributed by atoms with Crippen LogP contribution in [0.5, 0.6) is 0 Å². The molecule has 0 unspecified atom stereocenters. The van der Waals surface area contributed by atoms with Crippen molar-refractivity contribution >= 4 is 34.0 Å². The molecule has 0 aromatic carbocycles. The SMILES string of the molecule is Br.Br.[CH3][Cr]([CH3])([CH3])([CH3])([CH3])[C]1=CC=CC1. The number of halogens is 2. The van der Waals surface area contributed by atoms with Crippen molar-refractivity contribution in [2.24, 2.45) is 0 Å². The molecule has 3 heteroatoms. The van der Waals surface area contributed by atoms with E-state index < -0.39 is 10.9 Å². The second-order valence-corrected chi connectivity index (χ2v) is 23.1. The van der Waals surface area contributed by atoms with E-state index >= 15 is 0 Å². The van der Waals surface area contributed by atoms with Gasteiger partial charge in [-0.05, 0) is 0 Å². The Hall–Kier alpha value is 0.972. The van der Waals surface area contributed by atoms with Crippen molar-refractivity contribution in [1.29, 1.82) is 0 Å². The van der Waals surface area contributed by atoms with Crippen LogP contribution in [-0.4, -0.2) is 0 Å². The first kappa shape index (κ1) is 16.4. The van der Waals surface area contributed by atoms with Gasteiger partial charge in [-0.2, -0.15) is 0 Å². The fraction of sp³-hybridized carbons (Fsp3) is 0.600. The molecule has 0 bridgehead atoms. The first-order valence-corrected chi connectivity index (χ1v) is 11.0. The molecular weight excluding hydrogens is 332 g/mol. The summed E-state index contributed by atoms with van der Waals surface area (Å²) in [6, 6.07) is 0. The summed E-state index contributed by atoms with van der Waals surface area (Å²) in [5, 5.41) is 0. The van der Waals surface area contributed by atoms with Crippen LogP contribution in [0, 0.1) is 0 Å². The zero-order chi connectivity index (χ0) is 8.81. The topological polar surface area (TPSA) is 0 Å². The Bertz CT molecular complexity index is 240. The molecule has 0 fully saturated rings. The average Bonchev–Trinajstić information content (AvgIpc) is 2.01. The van der Waals surface area contributed by atoms with Crippen molar-refractivity contribution in [2.45, 2.75) is 35.3 Å². The van der Waals surface area contributed by atoms with E-state index in [1.807, 2.05) is 0 Å². The molecule has 0 aromatic rings. The average molecular weight is 354 g/mol. The van der Waals surface area contributed by atoms with Crippen molar-refractivity contribution in [1.82, 2.24) is 0 Å². The molecule has 82 valence electrons. The van der Waals surface area contributed by atoms with Gasteiger partial charge in [-0.1, -0.05) is 0 Å². The van der Waals surface area contributed by atoms with Gasteiger partial charge in [-0.3, -0.25) is 0 Å². The predicted molar refractivity (Wildman–Crippen MR) is 71.8 cm³/mol. The minimum absolute atomic E-state index is 0. The van der Waals surface area contributed by atoms with Crippen LogP contribution in [0.25, 0.3) is 0 Å². The summed E-state index contributed by atoms with van der Waals surface area (Å²) < 4.78 is 1.68. The summed E-state index contributed by atoms with van der Waals surface area (Å²) in [4.78, 5) is 0. The Balaban J connectivity index is 0. The van der Waals surface area contributed by atoms with Gasteiger partial charge >= 0.3 is 68.9 Å². The van der Waals surface area contributed by atoms with Gasteiger partial charge in [0.15, 0.2) is 0 Å². The Kier molecular flexibility index (Phi) is 4.45. The molecule has 0 heterocycles. The van der Waals surface area contributed by atoms with Crippen LogP contribution < -0.4 is 0 Å². The van der Waals surface area contributed by atoms with Gasteiger partial charge in [-0.15, -0.1) is 34.0 Å². The molecule has 1 rings (SSSR count). The molecule has 0 spiro atoms. The maximum atomic E-state index is 2.46. The van der Waals surface area contributed by atoms with Crippen LogP contribution in [0.15, 0.2) is 22.7 Å². The predicted octanol–water partition coefficient (Wildman–Crippen LogP) is 5.45. The van der Waals surface area contributed by atoms with Gasteiger partial charge in [-0.25, -0.2) is 0 Å². The monoisotopic (exact) mass is 352 g/mol. The molecule has 0 N–H and O–H groups in total.